The van der Waals surface area contributed by atoms with Gasteiger partial charge in [0.1, 0.15) is 0 Å². The molecule has 1 aromatic heterocycles. The molecule has 0 unspecified atom stereocenters. The van der Waals surface area contributed by atoms with E-state index in [9.17, 15) is 9.59 Å². The highest BCUT2D eigenvalue weighted by Crippen LogP contribution is 2.26. The fourth-order valence-corrected chi connectivity index (χ4v) is 5.12. The topological polar surface area (TPSA) is 88.9 Å². The lowest BCUT2D eigenvalue weighted by molar-refractivity contribution is 0.0370. The van der Waals surface area contributed by atoms with E-state index in [-0.39, 0.29) is 11.9 Å². The Hall–Kier alpha value is -3.43. The number of hydrogen-bond acceptors (Lipinski definition) is 7. The van der Waals surface area contributed by atoms with Gasteiger partial charge in [0.2, 0.25) is 5.95 Å². The zero-order chi connectivity index (χ0) is 30.1. The number of methoxy groups -OCH3 is 1. The van der Waals surface area contributed by atoms with Crippen LogP contribution in [0.5, 0.6) is 0 Å². The summed E-state index contributed by atoms with van der Waals surface area (Å²) in [5.74, 6) is 1.48. The van der Waals surface area contributed by atoms with Crippen molar-refractivity contribution in [3.63, 3.8) is 0 Å². The molecule has 228 valence electrons. The van der Waals surface area contributed by atoms with Crippen LogP contribution >= 0.6 is 0 Å². The van der Waals surface area contributed by atoms with E-state index in [2.05, 4.69) is 42.5 Å². The van der Waals surface area contributed by atoms with Gasteiger partial charge in [-0.25, -0.2) is 9.78 Å². The van der Waals surface area contributed by atoms with Crippen LogP contribution < -0.4 is 5.32 Å². The molecule has 1 N–H and O–H groups in total. The van der Waals surface area contributed by atoms with Crippen LogP contribution in [0.15, 0.2) is 42.5 Å². The molecule has 0 saturated carbocycles. The molecule has 1 saturated heterocycles. The first-order chi connectivity index (χ1) is 20.2. The molecule has 1 aliphatic heterocycles. The number of fused-ring (bicyclic) bond motifs is 1. The van der Waals surface area contributed by atoms with Crippen molar-refractivity contribution >= 4 is 34.5 Å². The van der Waals surface area contributed by atoms with Gasteiger partial charge in [-0.15, -0.1) is 0 Å². The quantitative estimate of drug-likeness (QED) is 0.242. The normalized spacial score (nSPS) is 14.1. The molecule has 1 amide bonds. The minimum atomic E-state index is -0.370. The van der Waals surface area contributed by atoms with Gasteiger partial charge >= 0.3 is 5.97 Å². The monoisotopic (exact) mass is 577 g/mol. The van der Waals surface area contributed by atoms with Crippen LogP contribution in [0.25, 0.3) is 11.0 Å². The second-order valence-corrected chi connectivity index (χ2v) is 11.9. The second kappa shape index (κ2) is 15.2. The Bertz CT molecular complexity index is 1300. The van der Waals surface area contributed by atoms with E-state index < -0.39 is 0 Å². The molecule has 9 nitrogen and oxygen atoms in total. The second-order valence-electron chi connectivity index (χ2n) is 11.9. The third-order valence-corrected chi connectivity index (χ3v) is 7.76. The van der Waals surface area contributed by atoms with E-state index in [1.165, 1.54) is 7.11 Å². The first-order valence-electron chi connectivity index (χ1n) is 15.3. The summed E-state index contributed by atoms with van der Waals surface area (Å²) in [7, 11) is 1.38. The van der Waals surface area contributed by atoms with Crippen molar-refractivity contribution in [3.05, 3.63) is 53.6 Å². The van der Waals surface area contributed by atoms with Gasteiger partial charge in [-0.1, -0.05) is 27.7 Å². The van der Waals surface area contributed by atoms with Crippen molar-refractivity contribution in [1.82, 2.24) is 19.4 Å². The Labute approximate surface area is 250 Å². The number of nitrogens with zero attached hydrogens (tertiary/aromatic N) is 4. The predicted octanol–water partition coefficient (Wildman–Crippen LogP) is 5.82. The highest BCUT2D eigenvalue weighted by molar-refractivity contribution is 5.98. The standard InChI is InChI=1S/C33H47N5O4/c1-24(2)13-17-37(18-14-25(3)4)31(39)27-9-12-29-30(23-27)38(16-6-15-36-19-21-42-22-20-36)33(35-29)34-28-10-7-26(8-11-28)32(40)41-5/h7-12,23-25H,6,13-22H2,1-5H3,(H,34,35). The number of carbonyl (C=O) groups is 2. The number of anilines is 2. The summed E-state index contributed by atoms with van der Waals surface area (Å²) in [4.78, 5) is 35.0. The molecule has 1 fully saturated rings. The van der Waals surface area contributed by atoms with E-state index in [1.807, 2.05) is 35.2 Å². The number of rotatable bonds is 14. The summed E-state index contributed by atoms with van der Waals surface area (Å²) in [6.07, 6.45) is 2.90. The number of amides is 1. The lowest BCUT2D eigenvalue weighted by Gasteiger charge is -2.26. The number of ether oxygens (including phenoxy) is 2. The molecule has 9 heteroatoms. The van der Waals surface area contributed by atoms with Crippen LogP contribution in [0, 0.1) is 11.8 Å². The van der Waals surface area contributed by atoms with Gasteiger partial charge in [0, 0.05) is 50.5 Å². The van der Waals surface area contributed by atoms with Gasteiger partial charge in [0.05, 0.1) is 36.9 Å². The fraction of sp³-hybridized carbons (Fsp3) is 0.545. The van der Waals surface area contributed by atoms with Gasteiger partial charge in [-0.05, 0) is 73.6 Å². The predicted molar refractivity (Wildman–Crippen MR) is 167 cm³/mol. The third-order valence-electron chi connectivity index (χ3n) is 7.76. The number of aromatic nitrogens is 2. The van der Waals surface area contributed by atoms with Crippen molar-refractivity contribution < 1.29 is 19.1 Å². The molecule has 0 aliphatic carbocycles. The number of hydrogen-bond donors (Lipinski definition) is 1. The number of carbonyl (C=O) groups excluding carboxylic acids is 2. The first-order valence-corrected chi connectivity index (χ1v) is 15.3. The smallest absolute Gasteiger partial charge is 0.337 e. The highest BCUT2D eigenvalue weighted by Gasteiger charge is 2.20. The van der Waals surface area contributed by atoms with E-state index >= 15 is 0 Å². The van der Waals surface area contributed by atoms with Gasteiger partial charge in [0.15, 0.2) is 0 Å². The summed E-state index contributed by atoms with van der Waals surface area (Å²) >= 11 is 0. The van der Waals surface area contributed by atoms with Gasteiger partial charge < -0.3 is 24.3 Å². The molecule has 0 bridgehead atoms. The Morgan fingerprint density at radius 3 is 2.21 bits per heavy atom. The minimum Gasteiger partial charge on any atom is -0.465 e. The van der Waals surface area contributed by atoms with Crippen LogP contribution in [0.4, 0.5) is 11.6 Å². The van der Waals surface area contributed by atoms with Crippen LogP contribution in [0.1, 0.15) is 67.7 Å². The highest BCUT2D eigenvalue weighted by atomic mass is 16.5. The molecule has 1 aliphatic rings. The summed E-state index contributed by atoms with van der Waals surface area (Å²) in [6, 6.07) is 13.0. The molecule has 2 heterocycles. The lowest BCUT2D eigenvalue weighted by Crippen LogP contribution is -2.37. The number of imidazole rings is 1. The van der Waals surface area contributed by atoms with Crippen molar-refractivity contribution in [1.29, 1.82) is 0 Å². The average molecular weight is 578 g/mol. The van der Waals surface area contributed by atoms with Crippen molar-refractivity contribution in [2.75, 3.05) is 58.4 Å². The van der Waals surface area contributed by atoms with E-state index in [1.54, 1.807) is 12.1 Å². The lowest BCUT2D eigenvalue weighted by atomic mass is 10.1. The van der Waals surface area contributed by atoms with Crippen LogP contribution in [-0.4, -0.2) is 84.3 Å². The largest absolute Gasteiger partial charge is 0.465 e. The number of esters is 1. The molecule has 4 rings (SSSR count). The van der Waals surface area contributed by atoms with Crippen molar-refractivity contribution in [3.8, 4) is 0 Å². The third kappa shape index (κ3) is 8.55. The summed E-state index contributed by atoms with van der Waals surface area (Å²) < 4.78 is 12.5. The zero-order valence-electron chi connectivity index (χ0n) is 25.9. The maximum atomic E-state index is 13.8. The van der Waals surface area contributed by atoms with E-state index in [0.29, 0.717) is 28.9 Å². The van der Waals surface area contributed by atoms with Crippen LogP contribution in [-0.2, 0) is 16.0 Å². The molecular formula is C33H47N5O4. The minimum absolute atomic E-state index is 0.0761. The summed E-state index contributed by atoms with van der Waals surface area (Å²) in [5, 5.41) is 3.44. The van der Waals surface area contributed by atoms with Gasteiger partial charge in [-0.2, -0.15) is 0 Å². The zero-order valence-corrected chi connectivity index (χ0v) is 25.9. The average Bonchev–Trinajstić information content (AvgIpc) is 3.33. The van der Waals surface area contributed by atoms with Crippen LogP contribution in [0.3, 0.4) is 0 Å². The van der Waals surface area contributed by atoms with Crippen LogP contribution in [0.2, 0.25) is 0 Å². The fourth-order valence-electron chi connectivity index (χ4n) is 5.12. The Kier molecular flexibility index (Phi) is 11.4. The number of nitrogens with one attached hydrogen (secondary N) is 1. The Morgan fingerprint density at radius 1 is 0.952 bits per heavy atom. The molecule has 0 atom stereocenters. The Balaban J connectivity index is 1.61. The first kappa shape index (κ1) is 31.5. The number of aryl methyl sites for hydroxylation is 1. The van der Waals surface area contributed by atoms with Gasteiger partial charge in [0.25, 0.3) is 5.91 Å². The molecule has 0 spiro atoms. The molecule has 2 aromatic carbocycles. The Morgan fingerprint density at radius 2 is 1.60 bits per heavy atom. The maximum absolute atomic E-state index is 13.8. The maximum Gasteiger partial charge on any atom is 0.337 e. The molecule has 3 aromatic rings. The molecule has 0 radical (unpaired) electrons. The van der Waals surface area contributed by atoms with E-state index in [4.69, 9.17) is 14.5 Å². The SMILES string of the molecule is COC(=O)c1ccc(Nc2nc3ccc(C(=O)N(CCC(C)C)CCC(C)C)cc3n2CCCN2CCOCC2)cc1. The van der Waals surface area contributed by atoms with Crippen molar-refractivity contribution in [2.45, 2.75) is 53.5 Å². The van der Waals surface area contributed by atoms with Crippen molar-refractivity contribution in [2.24, 2.45) is 11.8 Å². The number of morpholine rings is 1. The summed E-state index contributed by atoms with van der Waals surface area (Å²) in [6.45, 7) is 15.5. The van der Waals surface area contributed by atoms with Gasteiger partial charge in [-0.3, -0.25) is 9.69 Å². The summed E-state index contributed by atoms with van der Waals surface area (Å²) in [5.41, 5.74) is 3.77. The van der Waals surface area contributed by atoms with E-state index in [0.717, 1.165) is 88.5 Å². The number of benzene rings is 2. The molecular weight excluding hydrogens is 530 g/mol. The molecule has 42 heavy (non-hydrogen) atoms.